The molecular formula is C45H76N2O5S. The van der Waals surface area contributed by atoms with Crippen LogP contribution in [0.25, 0.3) is 0 Å². The van der Waals surface area contributed by atoms with Crippen molar-refractivity contribution in [1.29, 1.82) is 0 Å². The Labute approximate surface area is 326 Å². The number of rotatable bonds is 18. The second-order valence-electron chi connectivity index (χ2n) is 19.8. The number of thioether (sulfide) groups is 1. The van der Waals surface area contributed by atoms with E-state index >= 15 is 0 Å². The van der Waals surface area contributed by atoms with E-state index in [2.05, 4.69) is 45.3 Å². The first kappa shape index (κ1) is 42.6. The molecule has 7 nitrogen and oxygen atoms in total. The zero-order chi connectivity index (χ0) is 38.7. The minimum atomic E-state index is -0.698. The molecule has 4 N–H and O–H groups in total. The van der Waals surface area contributed by atoms with Crippen molar-refractivity contribution in [3.05, 3.63) is 12.2 Å². The molecule has 5 saturated carbocycles. The molecule has 0 aromatic rings. The van der Waals surface area contributed by atoms with Gasteiger partial charge in [-0.1, -0.05) is 85.3 Å². The van der Waals surface area contributed by atoms with Crippen LogP contribution in [0.2, 0.25) is 0 Å². The van der Waals surface area contributed by atoms with Crippen molar-refractivity contribution >= 4 is 29.5 Å². The summed E-state index contributed by atoms with van der Waals surface area (Å²) in [6.07, 6.45) is 19.6. The number of nitrogens with one attached hydrogen (secondary N) is 2. The van der Waals surface area contributed by atoms with Gasteiger partial charge in [0.25, 0.3) is 0 Å². The van der Waals surface area contributed by atoms with Gasteiger partial charge in [-0.05, 0) is 128 Å². The van der Waals surface area contributed by atoms with Crippen LogP contribution in [0.15, 0.2) is 12.2 Å². The van der Waals surface area contributed by atoms with E-state index in [0.29, 0.717) is 42.0 Å². The molecule has 0 aliphatic heterocycles. The fourth-order valence-corrected chi connectivity index (χ4v) is 14.7. The van der Waals surface area contributed by atoms with E-state index in [1.54, 1.807) is 6.92 Å². The van der Waals surface area contributed by atoms with E-state index in [-0.39, 0.29) is 45.5 Å². The molecule has 8 heteroatoms. The summed E-state index contributed by atoms with van der Waals surface area (Å²) in [5.41, 5.74) is 1.53. The summed E-state index contributed by atoms with van der Waals surface area (Å²) < 4.78 is 0. The largest absolute Gasteiger partial charge is 0.481 e. The van der Waals surface area contributed by atoms with E-state index in [0.717, 1.165) is 95.1 Å². The van der Waals surface area contributed by atoms with Crippen LogP contribution in [0, 0.1) is 56.7 Å². The van der Waals surface area contributed by atoms with Gasteiger partial charge in [0, 0.05) is 37.9 Å². The summed E-state index contributed by atoms with van der Waals surface area (Å²) in [4.78, 5) is 36.8. The number of amides is 2. The summed E-state index contributed by atoms with van der Waals surface area (Å²) >= 11 is 1.87. The smallest absolute Gasteiger partial charge is 0.303 e. The van der Waals surface area contributed by atoms with E-state index in [1.807, 2.05) is 11.8 Å². The molecule has 0 heterocycles. The SMILES string of the molecule is C=C(CSCCNC(C)=O)[C@@H]1CC[C@]2(C(=O)NCCCCCCCCCCC(=O)O)CC[C@]3(C)[C@H](CCC4[C@@]5(C)CC[C@H](O)C(C)(C)[C@@H]5CC[C@]43C)[C@@H]12. The summed E-state index contributed by atoms with van der Waals surface area (Å²) in [6, 6.07) is 0. The lowest BCUT2D eigenvalue weighted by atomic mass is 9.32. The van der Waals surface area contributed by atoms with Gasteiger partial charge in [0.05, 0.1) is 11.5 Å². The molecule has 0 spiro atoms. The van der Waals surface area contributed by atoms with Crippen LogP contribution in [0.4, 0.5) is 0 Å². The summed E-state index contributed by atoms with van der Waals surface area (Å²) in [5.74, 6) is 3.74. The third-order valence-electron chi connectivity index (χ3n) is 16.9. The number of carboxylic acids is 1. The maximum atomic E-state index is 14.6. The van der Waals surface area contributed by atoms with Gasteiger partial charge in [-0.25, -0.2) is 0 Å². The first-order chi connectivity index (χ1) is 25.0. The van der Waals surface area contributed by atoms with Crippen LogP contribution < -0.4 is 10.6 Å². The van der Waals surface area contributed by atoms with E-state index in [4.69, 9.17) is 11.7 Å². The number of aliphatic carboxylic acids is 1. The van der Waals surface area contributed by atoms with Crippen molar-refractivity contribution in [2.75, 3.05) is 24.6 Å². The van der Waals surface area contributed by atoms with E-state index in [1.165, 1.54) is 44.1 Å². The molecule has 5 aliphatic rings. The Morgan fingerprint density at radius 2 is 1.42 bits per heavy atom. The lowest BCUT2D eigenvalue weighted by Crippen LogP contribution is -2.67. The molecule has 0 saturated heterocycles. The average Bonchev–Trinajstić information content (AvgIpc) is 3.50. The number of carboxylic acid groups (broad SMARTS) is 1. The normalized spacial score (nSPS) is 38.5. The predicted molar refractivity (Wildman–Crippen MR) is 218 cm³/mol. The number of fused-ring (bicyclic) bond motifs is 7. The highest BCUT2D eigenvalue weighted by Crippen LogP contribution is 2.77. The van der Waals surface area contributed by atoms with Crippen molar-refractivity contribution in [2.45, 2.75) is 170 Å². The summed E-state index contributed by atoms with van der Waals surface area (Å²) in [7, 11) is 0. The quantitative estimate of drug-likeness (QED) is 0.0818. The van der Waals surface area contributed by atoms with Gasteiger partial charge in [0.2, 0.25) is 11.8 Å². The highest BCUT2D eigenvalue weighted by molar-refractivity contribution is 7.99. The van der Waals surface area contributed by atoms with Crippen molar-refractivity contribution in [1.82, 2.24) is 10.6 Å². The standard InChI is InChI=1S/C45H76N2O5S/c1-31(30-53-29-28-46-32(2)48)33-19-24-45(40(52)47-27-15-13-11-9-8-10-12-14-16-38(50)51)26-25-43(6)34(39(33)45)17-18-36-42(5)22-21-37(49)41(3,4)35(42)20-23-44(36,43)7/h33-37,39,49H,1,8-30H2,2-7H3,(H,46,48)(H,47,52)(H,50,51)/t33-,34+,35-,36?,37-,39+,42-,43+,44+,45-/m0/s1. The van der Waals surface area contributed by atoms with Crippen LogP contribution in [-0.4, -0.2) is 58.7 Å². The number of unbranched alkanes of at least 4 members (excludes halogenated alkanes) is 7. The number of aliphatic hydroxyl groups excluding tert-OH is 1. The maximum absolute atomic E-state index is 14.6. The Bertz CT molecular complexity index is 1320. The Morgan fingerprint density at radius 1 is 0.736 bits per heavy atom. The number of carbonyl (C=O) groups excluding carboxylic acids is 2. The molecule has 0 aromatic carbocycles. The van der Waals surface area contributed by atoms with E-state index in [9.17, 15) is 19.5 Å². The Balaban J connectivity index is 1.28. The van der Waals surface area contributed by atoms with Gasteiger partial charge < -0.3 is 20.8 Å². The van der Waals surface area contributed by atoms with Crippen molar-refractivity contribution in [3.8, 4) is 0 Å². The lowest BCUT2D eigenvalue weighted by molar-refractivity contribution is -0.246. The summed E-state index contributed by atoms with van der Waals surface area (Å²) in [5, 5.41) is 26.4. The van der Waals surface area contributed by atoms with Crippen molar-refractivity contribution in [2.24, 2.45) is 56.7 Å². The molecule has 0 bridgehead atoms. The van der Waals surface area contributed by atoms with Gasteiger partial charge in [0.15, 0.2) is 0 Å². The number of hydrogen-bond acceptors (Lipinski definition) is 5. The van der Waals surface area contributed by atoms with Crippen LogP contribution >= 0.6 is 11.8 Å². The number of hydrogen-bond donors (Lipinski definition) is 4. The molecular weight excluding hydrogens is 681 g/mol. The zero-order valence-corrected chi connectivity index (χ0v) is 35.3. The molecule has 5 rings (SSSR count). The van der Waals surface area contributed by atoms with Crippen LogP contribution in [-0.2, 0) is 14.4 Å². The zero-order valence-electron chi connectivity index (χ0n) is 34.5. The molecule has 2 amide bonds. The van der Waals surface area contributed by atoms with Gasteiger partial charge in [0.1, 0.15) is 0 Å². The molecule has 53 heavy (non-hydrogen) atoms. The Morgan fingerprint density at radius 3 is 2.09 bits per heavy atom. The van der Waals surface area contributed by atoms with Crippen LogP contribution in [0.3, 0.4) is 0 Å². The maximum Gasteiger partial charge on any atom is 0.303 e. The summed E-state index contributed by atoms with van der Waals surface area (Å²) in [6.45, 7) is 20.3. The van der Waals surface area contributed by atoms with Gasteiger partial charge >= 0.3 is 5.97 Å². The van der Waals surface area contributed by atoms with Crippen molar-refractivity contribution in [3.63, 3.8) is 0 Å². The van der Waals surface area contributed by atoms with Crippen LogP contribution in [0.5, 0.6) is 0 Å². The van der Waals surface area contributed by atoms with Crippen LogP contribution in [0.1, 0.15) is 164 Å². The lowest BCUT2D eigenvalue weighted by Gasteiger charge is -2.72. The average molecular weight is 757 g/mol. The third-order valence-corrected chi connectivity index (χ3v) is 18.0. The molecule has 1 unspecified atom stereocenters. The molecule has 5 fully saturated rings. The number of carbonyl (C=O) groups is 3. The fourth-order valence-electron chi connectivity index (χ4n) is 13.9. The molecule has 10 atom stereocenters. The second kappa shape index (κ2) is 17.3. The van der Waals surface area contributed by atoms with Gasteiger partial charge in [-0.3, -0.25) is 14.4 Å². The monoisotopic (exact) mass is 757 g/mol. The highest BCUT2D eigenvalue weighted by Gasteiger charge is 2.71. The Hall–Kier alpha value is -1.54. The number of aliphatic hydroxyl groups is 1. The van der Waals surface area contributed by atoms with E-state index < -0.39 is 5.97 Å². The third kappa shape index (κ3) is 8.30. The minimum Gasteiger partial charge on any atom is -0.481 e. The van der Waals surface area contributed by atoms with Gasteiger partial charge in [-0.15, -0.1) is 0 Å². The fraction of sp³-hybridized carbons (Fsp3) is 0.889. The highest BCUT2D eigenvalue weighted by atomic mass is 32.2. The van der Waals surface area contributed by atoms with Gasteiger partial charge in [-0.2, -0.15) is 11.8 Å². The molecule has 0 aromatic heterocycles. The van der Waals surface area contributed by atoms with Crippen molar-refractivity contribution < 1.29 is 24.6 Å². The molecule has 5 aliphatic carbocycles. The molecule has 0 radical (unpaired) electrons. The second-order valence-corrected chi connectivity index (χ2v) is 20.9. The first-order valence-corrected chi connectivity index (χ1v) is 22.9. The topological polar surface area (TPSA) is 116 Å². The Kier molecular flexibility index (Phi) is 13.9. The predicted octanol–water partition coefficient (Wildman–Crippen LogP) is 9.57. The molecule has 302 valence electrons. The minimum absolute atomic E-state index is 0.0161. The first-order valence-electron chi connectivity index (χ1n) is 21.7.